The summed E-state index contributed by atoms with van der Waals surface area (Å²) in [6.07, 6.45) is 2.66. The molecule has 0 atom stereocenters. The molecule has 3 aromatic rings. The topological polar surface area (TPSA) is 41.6 Å². The van der Waals surface area contributed by atoms with Crippen molar-refractivity contribution >= 4 is 56.0 Å². The van der Waals surface area contributed by atoms with Crippen LogP contribution in [0.4, 0.5) is 0 Å². The molecule has 0 unspecified atom stereocenters. The Balaban J connectivity index is 1.46. The molecule has 6 heteroatoms. The van der Waals surface area contributed by atoms with Crippen molar-refractivity contribution in [2.75, 3.05) is 6.54 Å². The van der Waals surface area contributed by atoms with Gasteiger partial charge in [-0.1, -0.05) is 49.4 Å². The molecule has 4 rings (SSSR count). The fraction of sp³-hybridized carbons (Fsp3) is 0.167. The molecular weight excluding hydrogens is 460 g/mol. The van der Waals surface area contributed by atoms with Crippen LogP contribution in [0.5, 0.6) is 5.75 Å². The molecule has 0 radical (unpaired) electrons. The van der Waals surface area contributed by atoms with Crippen LogP contribution in [0.15, 0.2) is 70.8 Å². The summed E-state index contributed by atoms with van der Waals surface area (Å²) in [6.45, 7) is 3.11. The lowest BCUT2D eigenvalue weighted by atomic mass is 10.1. The van der Waals surface area contributed by atoms with E-state index < -0.39 is 0 Å². The third-order valence-electron chi connectivity index (χ3n) is 4.88. The van der Waals surface area contributed by atoms with Crippen LogP contribution >= 0.6 is 28.1 Å². The van der Waals surface area contributed by atoms with Crippen LogP contribution in [0.2, 0.25) is 0 Å². The minimum Gasteiger partial charge on any atom is -0.488 e. The number of hydrogen-bond donors (Lipinski definition) is 1. The van der Waals surface area contributed by atoms with Gasteiger partial charge in [0.2, 0.25) is 0 Å². The van der Waals surface area contributed by atoms with Crippen molar-refractivity contribution in [2.45, 2.75) is 20.0 Å². The van der Waals surface area contributed by atoms with Gasteiger partial charge in [0, 0.05) is 6.54 Å². The highest BCUT2D eigenvalue weighted by Crippen LogP contribution is 2.28. The molecule has 0 aromatic heterocycles. The maximum absolute atomic E-state index is 12.5. The molecule has 4 nitrogen and oxygen atoms in total. The van der Waals surface area contributed by atoms with Gasteiger partial charge in [-0.3, -0.25) is 9.69 Å². The Morgan fingerprint density at radius 3 is 2.67 bits per heavy atom. The summed E-state index contributed by atoms with van der Waals surface area (Å²) in [5, 5.41) is 5.88. The lowest BCUT2D eigenvalue weighted by Gasteiger charge is -2.11. The average Bonchev–Trinajstić information content (AvgIpc) is 3.00. The van der Waals surface area contributed by atoms with E-state index in [9.17, 15) is 4.79 Å². The van der Waals surface area contributed by atoms with Crippen LogP contribution in [-0.2, 0) is 11.4 Å². The van der Waals surface area contributed by atoms with E-state index in [0.29, 0.717) is 24.0 Å². The number of amides is 1. The van der Waals surface area contributed by atoms with Crippen LogP contribution in [0.25, 0.3) is 16.8 Å². The van der Waals surface area contributed by atoms with Crippen LogP contribution < -0.4 is 10.1 Å². The minimum atomic E-state index is -0.0883. The summed E-state index contributed by atoms with van der Waals surface area (Å²) < 4.78 is 6.83. The highest BCUT2D eigenvalue weighted by atomic mass is 79.9. The number of halogens is 1. The first kappa shape index (κ1) is 20.6. The van der Waals surface area contributed by atoms with E-state index in [1.54, 1.807) is 4.90 Å². The van der Waals surface area contributed by atoms with Gasteiger partial charge in [0.25, 0.3) is 5.91 Å². The number of nitrogens with zero attached hydrogens (tertiary/aromatic N) is 1. The summed E-state index contributed by atoms with van der Waals surface area (Å²) in [6, 6.07) is 20.4. The van der Waals surface area contributed by atoms with Crippen molar-refractivity contribution in [3.05, 3.63) is 82.0 Å². The van der Waals surface area contributed by atoms with E-state index in [4.69, 9.17) is 17.0 Å². The zero-order valence-corrected chi connectivity index (χ0v) is 18.9. The van der Waals surface area contributed by atoms with Gasteiger partial charge in [0.05, 0.1) is 4.47 Å². The molecule has 1 fully saturated rings. The second-order valence-corrected chi connectivity index (χ2v) is 8.35. The van der Waals surface area contributed by atoms with Gasteiger partial charge in [-0.05, 0) is 80.7 Å². The van der Waals surface area contributed by atoms with Gasteiger partial charge in [-0.15, -0.1) is 0 Å². The number of carbonyl (C=O) groups excluding carboxylic acids is 1. The molecule has 1 saturated heterocycles. The van der Waals surface area contributed by atoms with Crippen molar-refractivity contribution < 1.29 is 9.53 Å². The molecular formula is C24H21BrN2O2S. The van der Waals surface area contributed by atoms with E-state index in [-0.39, 0.29) is 5.91 Å². The number of thiocarbonyl (C=S) groups is 1. The highest BCUT2D eigenvalue weighted by Gasteiger charge is 2.29. The van der Waals surface area contributed by atoms with Crippen LogP contribution in [0.1, 0.15) is 24.5 Å². The highest BCUT2D eigenvalue weighted by molar-refractivity contribution is 9.10. The summed E-state index contributed by atoms with van der Waals surface area (Å²) >= 11 is 8.83. The summed E-state index contributed by atoms with van der Waals surface area (Å²) in [4.78, 5) is 14.1. The molecule has 0 saturated carbocycles. The van der Waals surface area contributed by atoms with E-state index in [1.165, 1.54) is 10.8 Å². The number of hydrogen-bond acceptors (Lipinski definition) is 3. The molecule has 1 N–H and O–H groups in total. The first-order valence-electron chi connectivity index (χ1n) is 9.79. The Labute approximate surface area is 189 Å². The summed E-state index contributed by atoms with van der Waals surface area (Å²) in [7, 11) is 0. The quantitative estimate of drug-likeness (QED) is 0.365. The maximum atomic E-state index is 12.5. The number of carbonyl (C=O) groups is 1. The average molecular weight is 481 g/mol. The van der Waals surface area contributed by atoms with Crippen LogP contribution in [0.3, 0.4) is 0 Å². The molecule has 0 aliphatic carbocycles. The van der Waals surface area contributed by atoms with Gasteiger partial charge in [-0.2, -0.15) is 0 Å². The first-order valence-corrected chi connectivity index (χ1v) is 11.0. The number of nitrogens with one attached hydrogen (secondary N) is 1. The Morgan fingerprint density at radius 1 is 1.10 bits per heavy atom. The third kappa shape index (κ3) is 4.40. The van der Waals surface area contributed by atoms with E-state index in [2.05, 4.69) is 51.6 Å². The summed E-state index contributed by atoms with van der Waals surface area (Å²) in [5.41, 5.74) is 2.49. The van der Waals surface area contributed by atoms with Crippen molar-refractivity contribution in [1.29, 1.82) is 0 Å². The monoisotopic (exact) mass is 480 g/mol. The van der Waals surface area contributed by atoms with Gasteiger partial charge in [-0.25, -0.2) is 0 Å². The zero-order chi connectivity index (χ0) is 21.1. The summed E-state index contributed by atoms with van der Waals surface area (Å²) in [5.74, 6) is 0.661. The van der Waals surface area contributed by atoms with Crippen LogP contribution in [0, 0.1) is 0 Å². The van der Waals surface area contributed by atoms with Crippen molar-refractivity contribution in [3.8, 4) is 5.75 Å². The Hall–Kier alpha value is -2.70. The van der Waals surface area contributed by atoms with E-state index in [0.717, 1.165) is 27.8 Å². The molecule has 152 valence electrons. The molecule has 0 spiro atoms. The van der Waals surface area contributed by atoms with Crippen molar-refractivity contribution in [2.24, 2.45) is 0 Å². The predicted molar refractivity (Wildman–Crippen MR) is 128 cm³/mol. The van der Waals surface area contributed by atoms with E-state index >= 15 is 0 Å². The number of rotatable bonds is 6. The van der Waals surface area contributed by atoms with Gasteiger partial charge in [0.15, 0.2) is 5.11 Å². The van der Waals surface area contributed by atoms with Gasteiger partial charge in [0.1, 0.15) is 18.1 Å². The second-order valence-electron chi connectivity index (χ2n) is 7.10. The molecule has 0 bridgehead atoms. The smallest absolute Gasteiger partial charge is 0.276 e. The third-order valence-corrected chi connectivity index (χ3v) is 5.83. The fourth-order valence-corrected chi connectivity index (χ4v) is 4.17. The predicted octanol–water partition coefficient (Wildman–Crippen LogP) is 5.65. The van der Waals surface area contributed by atoms with Crippen molar-refractivity contribution in [3.63, 3.8) is 0 Å². The van der Waals surface area contributed by atoms with Crippen molar-refractivity contribution in [1.82, 2.24) is 10.2 Å². The minimum absolute atomic E-state index is 0.0883. The molecule has 1 aliphatic heterocycles. The normalized spacial score (nSPS) is 15.1. The second kappa shape index (κ2) is 8.98. The molecule has 3 aromatic carbocycles. The largest absolute Gasteiger partial charge is 0.488 e. The number of ether oxygens (including phenoxy) is 1. The number of fused-ring (bicyclic) bond motifs is 1. The molecule has 1 amide bonds. The first-order chi connectivity index (χ1) is 14.5. The van der Waals surface area contributed by atoms with Gasteiger partial charge >= 0.3 is 0 Å². The molecule has 30 heavy (non-hydrogen) atoms. The molecule has 1 aliphatic rings. The lowest BCUT2D eigenvalue weighted by molar-refractivity contribution is -0.122. The van der Waals surface area contributed by atoms with Gasteiger partial charge < -0.3 is 10.1 Å². The Kier molecular flexibility index (Phi) is 6.16. The van der Waals surface area contributed by atoms with E-state index in [1.807, 2.05) is 43.3 Å². The Bertz CT molecular complexity index is 1160. The molecule has 1 heterocycles. The zero-order valence-electron chi connectivity index (χ0n) is 16.5. The van der Waals surface area contributed by atoms with Crippen LogP contribution in [-0.4, -0.2) is 22.5 Å². The maximum Gasteiger partial charge on any atom is 0.276 e. The lowest BCUT2D eigenvalue weighted by Crippen LogP contribution is -2.31. The standard InChI is InChI=1S/C24H21BrN2O2S/c1-2-11-27-23(28)21(26-24(27)30)14-16-8-10-22(20(25)13-16)29-15-17-7-9-18-5-3-4-6-19(18)12-17/h3-10,12-14H,2,11,15H2,1H3,(H,26,30)/b21-14-. The SMILES string of the molecule is CCCN1C(=O)/C(=C/c2ccc(OCc3ccc4ccccc4c3)c(Br)c2)NC1=S. The number of benzene rings is 3. The Morgan fingerprint density at radius 2 is 1.90 bits per heavy atom. The fourth-order valence-electron chi connectivity index (χ4n) is 3.38.